The van der Waals surface area contributed by atoms with Gasteiger partial charge in [0.25, 0.3) is 5.89 Å². The van der Waals surface area contributed by atoms with Crippen molar-refractivity contribution in [1.82, 2.24) is 40.2 Å². The van der Waals surface area contributed by atoms with Crippen molar-refractivity contribution in [1.29, 1.82) is 0 Å². The molecule has 1 aromatic carbocycles. The van der Waals surface area contributed by atoms with Crippen molar-refractivity contribution in [2.75, 3.05) is 13.2 Å². The van der Waals surface area contributed by atoms with Gasteiger partial charge >= 0.3 is 0 Å². The van der Waals surface area contributed by atoms with Gasteiger partial charge in [0.15, 0.2) is 17.7 Å². The van der Waals surface area contributed by atoms with Crippen LogP contribution in [-0.4, -0.2) is 53.2 Å². The van der Waals surface area contributed by atoms with E-state index < -0.39 is 6.23 Å². The molecule has 1 fully saturated rings. The lowest BCUT2D eigenvalue weighted by Crippen LogP contribution is -2.29. The Bertz CT molecular complexity index is 1710. The Morgan fingerprint density at radius 3 is 2.76 bits per heavy atom. The van der Waals surface area contributed by atoms with E-state index >= 15 is 0 Å². The highest BCUT2D eigenvalue weighted by molar-refractivity contribution is 5.91. The number of aliphatic hydroxyl groups is 1. The first-order valence-corrected chi connectivity index (χ1v) is 14.7. The number of aryl methyl sites for hydroxylation is 1. The van der Waals surface area contributed by atoms with E-state index in [2.05, 4.69) is 54.9 Å². The summed E-state index contributed by atoms with van der Waals surface area (Å²) >= 11 is 0. The third-order valence-corrected chi connectivity index (χ3v) is 8.31. The SMILES string of the molecule is CC(C)(C)c1noc(C(O)NC2CCCc3cc(-c4ccnc5nc(-c6cnn(C7CCOCC7)c6)[nH]c45)ccc32)n1. The molecule has 0 spiro atoms. The average Bonchev–Trinajstić information content (AvgIpc) is 3.77. The quantitative estimate of drug-likeness (QED) is 0.236. The van der Waals surface area contributed by atoms with Gasteiger partial charge in [-0.15, -0.1) is 0 Å². The number of aliphatic hydroxyl groups excluding tert-OH is 1. The van der Waals surface area contributed by atoms with Crippen LogP contribution in [0.25, 0.3) is 33.7 Å². The zero-order valence-electron chi connectivity index (χ0n) is 24.2. The third kappa shape index (κ3) is 5.12. The summed E-state index contributed by atoms with van der Waals surface area (Å²) < 4.78 is 12.9. The molecule has 0 radical (unpaired) electrons. The summed E-state index contributed by atoms with van der Waals surface area (Å²) in [5.74, 6) is 1.53. The Hall–Kier alpha value is -3.93. The number of aromatic amines is 1. The number of rotatable bonds is 6. The van der Waals surface area contributed by atoms with Crippen LogP contribution in [0.2, 0.25) is 0 Å². The number of nitrogens with one attached hydrogen (secondary N) is 2. The summed E-state index contributed by atoms with van der Waals surface area (Å²) in [5.41, 5.74) is 6.85. The molecule has 42 heavy (non-hydrogen) atoms. The molecule has 0 saturated carbocycles. The minimum atomic E-state index is -1.04. The van der Waals surface area contributed by atoms with E-state index in [4.69, 9.17) is 14.2 Å². The molecule has 0 amide bonds. The van der Waals surface area contributed by atoms with E-state index in [0.29, 0.717) is 17.5 Å². The smallest absolute Gasteiger partial charge is 0.270 e. The Labute approximate surface area is 243 Å². The number of nitrogens with zero attached hydrogens (tertiary/aromatic N) is 6. The zero-order chi connectivity index (χ0) is 28.8. The summed E-state index contributed by atoms with van der Waals surface area (Å²) in [6.45, 7) is 7.58. The van der Waals surface area contributed by atoms with Gasteiger partial charge < -0.3 is 19.4 Å². The van der Waals surface area contributed by atoms with Crippen molar-refractivity contribution in [3.8, 4) is 22.5 Å². The van der Waals surface area contributed by atoms with E-state index in [0.717, 1.165) is 73.3 Å². The van der Waals surface area contributed by atoms with Gasteiger partial charge in [-0.2, -0.15) is 10.1 Å². The molecule has 1 aliphatic carbocycles. The van der Waals surface area contributed by atoms with E-state index in [1.807, 2.05) is 43.9 Å². The fourth-order valence-electron chi connectivity index (χ4n) is 5.97. The van der Waals surface area contributed by atoms with Crippen LogP contribution in [0.3, 0.4) is 0 Å². The molecule has 0 bridgehead atoms. The number of ether oxygens (including phenoxy) is 1. The fourth-order valence-corrected chi connectivity index (χ4v) is 5.97. The van der Waals surface area contributed by atoms with Crippen LogP contribution in [0.5, 0.6) is 0 Å². The van der Waals surface area contributed by atoms with Crippen LogP contribution < -0.4 is 5.32 Å². The Balaban J connectivity index is 1.14. The lowest BCUT2D eigenvalue weighted by atomic mass is 9.85. The van der Waals surface area contributed by atoms with Gasteiger partial charge in [-0.1, -0.05) is 44.1 Å². The number of benzene rings is 1. The molecule has 2 aliphatic rings. The van der Waals surface area contributed by atoms with Crippen molar-refractivity contribution in [3.05, 3.63) is 65.7 Å². The van der Waals surface area contributed by atoms with E-state index in [1.54, 1.807) is 0 Å². The molecule has 2 atom stereocenters. The first-order chi connectivity index (χ1) is 20.3. The van der Waals surface area contributed by atoms with Crippen LogP contribution >= 0.6 is 0 Å². The minimum absolute atomic E-state index is 0.0220. The lowest BCUT2D eigenvalue weighted by molar-refractivity contribution is 0.0662. The van der Waals surface area contributed by atoms with Crippen LogP contribution in [0.1, 0.15) is 87.6 Å². The number of hydrogen-bond acceptors (Lipinski definition) is 9. The Morgan fingerprint density at radius 2 is 1.95 bits per heavy atom. The van der Waals surface area contributed by atoms with E-state index in [1.165, 1.54) is 11.1 Å². The minimum Gasteiger partial charge on any atom is -0.381 e. The molecule has 218 valence electrons. The molecule has 1 aliphatic heterocycles. The summed E-state index contributed by atoms with van der Waals surface area (Å²) in [6, 6.07) is 8.90. The van der Waals surface area contributed by atoms with Gasteiger partial charge in [0, 0.05) is 42.6 Å². The molecule has 3 N–H and O–H groups in total. The third-order valence-electron chi connectivity index (χ3n) is 8.31. The van der Waals surface area contributed by atoms with Crippen molar-refractivity contribution < 1.29 is 14.4 Å². The molecule has 5 aromatic rings. The Kier molecular flexibility index (Phi) is 6.88. The topological polar surface area (TPSA) is 140 Å². The molecular formula is C31H36N8O3. The van der Waals surface area contributed by atoms with Crippen molar-refractivity contribution in [3.63, 3.8) is 0 Å². The maximum Gasteiger partial charge on any atom is 0.270 e. The van der Waals surface area contributed by atoms with Crippen LogP contribution in [-0.2, 0) is 16.6 Å². The normalized spacial score (nSPS) is 18.8. The first-order valence-electron chi connectivity index (χ1n) is 14.7. The molecular weight excluding hydrogens is 532 g/mol. The number of imidazole rings is 1. The van der Waals surface area contributed by atoms with Crippen molar-refractivity contribution in [2.45, 2.75) is 76.6 Å². The predicted octanol–water partition coefficient (Wildman–Crippen LogP) is 5.18. The predicted molar refractivity (Wildman–Crippen MR) is 156 cm³/mol. The fraction of sp³-hybridized carbons (Fsp3) is 0.452. The summed E-state index contributed by atoms with van der Waals surface area (Å²) in [6.07, 6.45) is 9.53. The van der Waals surface area contributed by atoms with E-state index in [9.17, 15) is 5.11 Å². The molecule has 5 heterocycles. The molecule has 4 aromatic heterocycles. The zero-order valence-corrected chi connectivity index (χ0v) is 24.2. The average molecular weight is 569 g/mol. The second kappa shape index (κ2) is 10.7. The number of pyridine rings is 1. The second-order valence-corrected chi connectivity index (χ2v) is 12.3. The van der Waals surface area contributed by atoms with Crippen LogP contribution in [0.15, 0.2) is 47.4 Å². The Morgan fingerprint density at radius 1 is 1.10 bits per heavy atom. The highest BCUT2D eigenvalue weighted by Gasteiger charge is 2.28. The number of H-pyrrole nitrogens is 1. The monoisotopic (exact) mass is 568 g/mol. The van der Waals surface area contributed by atoms with Crippen molar-refractivity contribution >= 4 is 11.2 Å². The standard InChI is InChI=1S/C31H36N8O3/c1-31(2,3)30-37-29(42-38-30)28(40)34-24-6-4-5-18-15-19(7-8-22(18)24)23-9-12-32-27-25(23)35-26(36-27)20-16-33-39(17-20)21-10-13-41-14-11-21/h7-9,12,15-17,21,24,28,34,40H,4-6,10-11,13-14H2,1-3H3,(H,32,35,36). The number of aromatic nitrogens is 7. The lowest BCUT2D eigenvalue weighted by Gasteiger charge is -2.28. The highest BCUT2D eigenvalue weighted by Crippen LogP contribution is 2.36. The molecule has 11 nitrogen and oxygen atoms in total. The number of hydrogen-bond donors (Lipinski definition) is 3. The molecule has 11 heteroatoms. The van der Waals surface area contributed by atoms with Crippen molar-refractivity contribution in [2.24, 2.45) is 0 Å². The van der Waals surface area contributed by atoms with Gasteiger partial charge in [0.1, 0.15) is 5.82 Å². The van der Waals surface area contributed by atoms with Gasteiger partial charge in [0.05, 0.1) is 23.3 Å². The second-order valence-electron chi connectivity index (χ2n) is 12.3. The largest absolute Gasteiger partial charge is 0.381 e. The summed E-state index contributed by atoms with van der Waals surface area (Å²) in [5, 5.41) is 22.8. The molecule has 1 saturated heterocycles. The summed E-state index contributed by atoms with van der Waals surface area (Å²) in [4.78, 5) is 17.3. The maximum atomic E-state index is 10.9. The van der Waals surface area contributed by atoms with Crippen LogP contribution in [0, 0.1) is 0 Å². The summed E-state index contributed by atoms with van der Waals surface area (Å²) in [7, 11) is 0. The van der Waals surface area contributed by atoms with E-state index in [-0.39, 0.29) is 17.3 Å². The van der Waals surface area contributed by atoms with Gasteiger partial charge in [-0.3, -0.25) is 10.00 Å². The van der Waals surface area contributed by atoms with Gasteiger partial charge in [0.2, 0.25) is 0 Å². The highest BCUT2D eigenvalue weighted by atomic mass is 16.5. The molecule has 2 unspecified atom stereocenters. The van der Waals surface area contributed by atoms with Crippen LogP contribution in [0.4, 0.5) is 0 Å². The maximum absolute atomic E-state index is 10.9. The first kappa shape index (κ1) is 26.9. The van der Waals surface area contributed by atoms with Gasteiger partial charge in [-0.25, -0.2) is 9.97 Å². The molecule has 7 rings (SSSR count). The number of fused-ring (bicyclic) bond motifs is 2. The van der Waals surface area contributed by atoms with Gasteiger partial charge in [-0.05, 0) is 54.9 Å².